The molecule has 1 aromatic rings. The van der Waals surface area contributed by atoms with Crippen LogP contribution in [0.2, 0.25) is 0 Å². The van der Waals surface area contributed by atoms with E-state index >= 15 is 0 Å². The van der Waals surface area contributed by atoms with Gasteiger partial charge in [0.05, 0.1) is 0 Å². The van der Waals surface area contributed by atoms with Crippen LogP contribution in [0.1, 0.15) is 31.2 Å². The third-order valence-electron chi connectivity index (χ3n) is 2.52. The van der Waals surface area contributed by atoms with Crippen molar-refractivity contribution in [1.29, 1.82) is 0 Å². The van der Waals surface area contributed by atoms with E-state index in [1.165, 1.54) is 0 Å². The fraction of sp³-hybridized carbons (Fsp3) is 0.385. The minimum Gasteiger partial charge on any atom is -0.481 e. The lowest BCUT2D eigenvalue weighted by Gasteiger charge is -2.08. The summed E-state index contributed by atoms with van der Waals surface area (Å²) < 4.78 is 0.911. The van der Waals surface area contributed by atoms with Gasteiger partial charge in [0.15, 0.2) is 0 Å². The van der Waals surface area contributed by atoms with Crippen LogP contribution in [0.25, 0.3) is 0 Å². The first-order chi connectivity index (χ1) is 8.49. The van der Waals surface area contributed by atoms with Crippen molar-refractivity contribution in [2.45, 2.75) is 32.6 Å². The predicted molar refractivity (Wildman–Crippen MR) is 73.6 cm³/mol. The lowest BCUT2D eigenvalue weighted by atomic mass is 10.1. The summed E-state index contributed by atoms with van der Waals surface area (Å²) in [5, 5.41) is 11.3. The summed E-state index contributed by atoms with van der Waals surface area (Å²) in [4.78, 5) is 22.0. The molecule has 0 saturated heterocycles. The number of unbranched alkanes of at least 4 members (excludes halogenated alkanes) is 1. The summed E-state index contributed by atoms with van der Waals surface area (Å²) in [5.41, 5.74) is 1.78. The van der Waals surface area contributed by atoms with Crippen LogP contribution in [0.3, 0.4) is 0 Å². The molecule has 0 spiro atoms. The van der Waals surface area contributed by atoms with Crippen molar-refractivity contribution in [3.05, 3.63) is 28.2 Å². The highest BCUT2D eigenvalue weighted by Crippen LogP contribution is 2.20. The number of rotatable bonds is 6. The third kappa shape index (κ3) is 5.31. The van der Waals surface area contributed by atoms with Crippen LogP contribution in [0.5, 0.6) is 0 Å². The Morgan fingerprint density at radius 2 is 1.94 bits per heavy atom. The molecule has 0 saturated carbocycles. The zero-order chi connectivity index (χ0) is 13.5. The Labute approximate surface area is 115 Å². The van der Waals surface area contributed by atoms with E-state index in [1.54, 1.807) is 0 Å². The number of aryl methyl sites for hydroxylation is 1. The van der Waals surface area contributed by atoms with Crippen LogP contribution in [-0.4, -0.2) is 17.0 Å². The van der Waals surface area contributed by atoms with Gasteiger partial charge in [0.1, 0.15) is 0 Å². The monoisotopic (exact) mass is 313 g/mol. The van der Waals surface area contributed by atoms with Crippen molar-refractivity contribution in [1.82, 2.24) is 0 Å². The molecule has 1 aromatic carbocycles. The Hall–Kier alpha value is -1.36. The molecule has 5 heteroatoms. The molecule has 0 aliphatic carbocycles. The summed E-state index contributed by atoms with van der Waals surface area (Å²) in [6.07, 6.45) is 1.58. The molecule has 0 radical (unpaired) electrons. The Morgan fingerprint density at radius 1 is 1.28 bits per heavy atom. The van der Waals surface area contributed by atoms with Gasteiger partial charge >= 0.3 is 5.97 Å². The number of aliphatic carboxylic acids is 1. The average molecular weight is 314 g/mol. The van der Waals surface area contributed by atoms with E-state index in [0.717, 1.165) is 15.7 Å². The van der Waals surface area contributed by atoms with E-state index in [2.05, 4.69) is 21.2 Å². The molecule has 0 bridgehead atoms. The number of nitrogens with one attached hydrogen (secondary N) is 1. The zero-order valence-electron chi connectivity index (χ0n) is 10.2. The standard InChI is InChI=1S/C13H16BrNO3/c1-9-6-7-10(14)8-11(9)15-12(16)4-2-3-5-13(17)18/h6-8H,2-5H2,1H3,(H,15,16)(H,17,18). The van der Waals surface area contributed by atoms with Crippen LogP contribution in [-0.2, 0) is 9.59 Å². The molecule has 1 rings (SSSR count). The SMILES string of the molecule is Cc1ccc(Br)cc1NC(=O)CCCCC(=O)O. The van der Waals surface area contributed by atoms with Crippen LogP contribution < -0.4 is 5.32 Å². The Kier molecular flexibility index (Phi) is 5.85. The molecule has 0 unspecified atom stereocenters. The number of anilines is 1. The number of hydrogen-bond acceptors (Lipinski definition) is 2. The van der Waals surface area contributed by atoms with Crippen molar-refractivity contribution < 1.29 is 14.7 Å². The molecule has 98 valence electrons. The van der Waals surface area contributed by atoms with Crippen LogP contribution >= 0.6 is 15.9 Å². The lowest BCUT2D eigenvalue weighted by molar-refractivity contribution is -0.137. The first-order valence-electron chi connectivity index (χ1n) is 5.77. The maximum atomic E-state index is 11.6. The van der Waals surface area contributed by atoms with Gasteiger partial charge in [0.25, 0.3) is 0 Å². The summed E-state index contributed by atoms with van der Waals surface area (Å²) in [5.74, 6) is -0.903. The number of carboxylic acids is 1. The number of hydrogen-bond donors (Lipinski definition) is 2. The van der Waals surface area contributed by atoms with E-state index in [4.69, 9.17) is 5.11 Å². The maximum absolute atomic E-state index is 11.6. The molecule has 18 heavy (non-hydrogen) atoms. The molecule has 0 fully saturated rings. The molecule has 0 atom stereocenters. The van der Waals surface area contributed by atoms with Gasteiger partial charge in [-0.25, -0.2) is 0 Å². The first-order valence-corrected chi connectivity index (χ1v) is 6.56. The average Bonchev–Trinajstić information content (AvgIpc) is 2.29. The Morgan fingerprint density at radius 3 is 2.61 bits per heavy atom. The number of halogens is 1. The highest BCUT2D eigenvalue weighted by molar-refractivity contribution is 9.10. The maximum Gasteiger partial charge on any atom is 0.303 e. The van der Waals surface area contributed by atoms with Gasteiger partial charge in [-0.05, 0) is 37.5 Å². The van der Waals surface area contributed by atoms with E-state index in [-0.39, 0.29) is 12.3 Å². The lowest BCUT2D eigenvalue weighted by Crippen LogP contribution is -2.12. The predicted octanol–water partition coefficient (Wildman–Crippen LogP) is 3.34. The van der Waals surface area contributed by atoms with Gasteiger partial charge in [0.2, 0.25) is 5.91 Å². The largest absolute Gasteiger partial charge is 0.481 e. The molecule has 0 aromatic heterocycles. The van der Waals surface area contributed by atoms with Crippen molar-refractivity contribution >= 4 is 33.5 Å². The first kappa shape index (κ1) is 14.7. The highest BCUT2D eigenvalue weighted by atomic mass is 79.9. The van der Waals surface area contributed by atoms with Gasteiger partial charge < -0.3 is 10.4 Å². The fourth-order valence-corrected chi connectivity index (χ4v) is 1.86. The van der Waals surface area contributed by atoms with Crippen molar-refractivity contribution in [3.63, 3.8) is 0 Å². The second-order valence-electron chi connectivity index (χ2n) is 4.11. The molecular weight excluding hydrogens is 298 g/mol. The fourth-order valence-electron chi connectivity index (χ4n) is 1.50. The number of carboxylic acid groups (broad SMARTS) is 1. The number of amides is 1. The zero-order valence-corrected chi connectivity index (χ0v) is 11.8. The number of carbonyl (C=O) groups is 2. The summed E-state index contributed by atoms with van der Waals surface area (Å²) in [7, 11) is 0. The van der Waals surface area contributed by atoms with Crippen LogP contribution in [0.4, 0.5) is 5.69 Å². The molecule has 0 aliphatic rings. The summed E-state index contributed by atoms with van der Waals surface area (Å²) in [6, 6.07) is 5.69. The van der Waals surface area contributed by atoms with E-state index in [0.29, 0.717) is 19.3 Å². The van der Waals surface area contributed by atoms with Crippen LogP contribution in [0, 0.1) is 6.92 Å². The van der Waals surface area contributed by atoms with E-state index in [9.17, 15) is 9.59 Å². The van der Waals surface area contributed by atoms with Gasteiger partial charge in [-0.1, -0.05) is 22.0 Å². The Bertz CT molecular complexity index is 446. The molecule has 2 N–H and O–H groups in total. The van der Waals surface area contributed by atoms with Gasteiger partial charge in [-0.2, -0.15) is 0 Å². The topological polar surface area (TPSA) is 66.4 Å². The number of carbonyl (C=O) groups excluding carboxylic acids is 1. The summed E-state index contributed by atoms with van der Waals surface area (Å²) >= 11 is 3.35. The second kappa shape index (κ2) is 7.16. The molecule has 4 nitrogen and oxygen atoms in total. The van der Waals surface area contributed by atoms with Crippen molar-refractivity contribution in [2.24, 2.45) is 0 Å². The minimum absolute atomic E-state index is 0.0819. The normalized spacial score (nSPS) is 10.1. The van der Waals surface area contributed by atoms with E-state index in [1.807, 2.05) is 25.1 Å². The Balaban J connectivity index is 2.40. The highest BCUT2D eigenvalue weighted by Gasteiger charge is 2.06. The smallest absolute Gasteiger partial charge is 0.303 e. The molecular formula is C13H16BrNO3. The van der Waals surface area contributed by atoms with E-state index < -0.39 is 5.97 Å². The molecule has 1 amide bonds. The van der Waals surface area contributed by atoms with Gasteiger partial charge in [-0.3, -0.25) is 9.59 Å². The van der Waals surface area contributed by atoms with Crippen molar-refractivity contribution in [3.8, 4) is 0 Å². The van der Waals surface area contributed by atoms with Crippen LogP contribution in [0.15, 0.2) is 22.7 Å². The summed E-state index contributed by atoms with van der Waals surface area (Å²) in [6.45, 7) is 1.92. The third-order valence-corrected chi connectivity index (χ3v) is 3.01. The number of benzene rings is 1. The quantitative estimate of drug-likeness (QED) is 0.791. The second-order valence-corrected chi connectivity index (χ2v) is 5.02. The minimum atomic E-state index is -0.821. The van der Waals surface area contributed by atoms with Crippen molar-refractivity contribution in [2.75, 3.05) is 5.32 Å². The molecule has 0 aliphatic heterocycles. The van der Waals surface area contributed by atoms with Gasteiger partial charge in [-0.15, -0.1) is 0 Å². The van der Waals surface area contributed by atoms with Gasteiger partial charge in [0, 0.05) is 23.0 Å². The molecule has 0 heterocycles.